The molecule has 0 aromatic carbocycles. The van der Waals surface area contributed by atoms with Gasteiger partial charge in [0.15, 0.2) is 9.84 Å². The maximum absolute atomic E-state index is 12.4. The lowest BCUT2D eigenvalue weighted by atomic mass is 10.0. The standard InChI is InChI=1S/C17H30N2O4S/c1-13(2)17(21)18-14-6-5-10-19(12-14)16(20)9-11-24(22,23)15-7-3-4-8-15/h13-15H,3-12H2,1-2H3,(H,18,21). The monoisotopic (exact) mass is 358 g/mol. The molecule has 1 N–H and O–H groups in total. The normalized spacial score (nSPS) is 22.8. The number of likely N-dealkylation sites (tertiary alicyclic amines) is 1. The van der Waals surface area contributed by atoms with Crippen LogP contribution in [-0.2, 0) is 19.4 Å². The molecular formula is C17H30N2O4S. The van der Waals surface area contributed by atoms with Crippen LogP contribution < -0.4 is 5.32 Å². The molecule has 2 amide bonds. The van der Waals surface area contributed by atoms with Gasteiger partial charge in [-0.15, -0.1) is 0 Å². The van der Waals surface area contributed by atoms with E-state index in [0.29, 0.717) is 13.1 Å². The predicted octanol–water partition coefficient (Wildman–Crippen LogP) is 1.50. The minimum absolute atomic E-state index is 0.00175. The molecule has 1 atom stereocenters. The Balaban J connectivity index is 1.82. The number of hydrogen-bond acceptors (Lipinski definition) is 4. The van der Waals surface area contributed by atoms with Crippen molar-refractivity contribution in [2.75, 3.05) is 18.8 Å². The van der Waals surface area contributed by atoms with Crippen LogP contribution >= 0.6 is 0 Å². The third-order valence-corrected chi connectivity index (χ3v) is 7.32. The van der Waals surface area contributed by atoms with Crippen molar-refractivity contribution >= 4 is 21.7 Å². The van der Waals surface area contributed by atoms with Gasteiger partial charge in [-0.3, -0.25) is 9.59 Å². The summed E-state index contributed by atoms with van der Waals surface area (Å²) >= 11 is 0. The van der Waals surface area contributed by atoms with Gasteiger partial charge in [-0.2, -0.15) is 0 Å². The van der Waals surface area contributed by atoms with Gasteiger partial charge in [-0.1, -0.05) is 26.7 Å². The molecule has 0 aromatic heterocycles. The van der Waals surface area contributed by atoms with Gasteiger partial charge in [-0.05, 0) is 25.7 Å². The van der Waals surface area contributed by atoms with E-state index < -0.39 is 9.84 Å². The minimum Gasteiger partial charge on any atom is -0.351 e. The van der Waals surface area contributed by atoms with Gasteiger partial charge in [0.1, 0.15) is 0 Å². The summed E-state index contributed by atoms with van der Waals surface area (Å²) in [5, 5.41) is 2.72. The number of hydrogen-bond donors (Lipinski definition) is 1. The molecule has 6 nitrogen and oxygen atoms in total. The van der Waals surface area contributed by atoms with Gasteiger partial charge >= 0.3 is 0 Å². The van der Waals surface area contributed by atoms with Crippen molar-refractivity contribution < 1.29 is 18.0 Å². The zero-order chi connectivity index (χ0) is 17.7. The van der Waals surface area contributed by atoms with Crippen LogP contribution in [0.15, 0.2) is 0 Å². The van der Waals surface area contributed by atoms with E-state index in [9.17, 15) is 18.0 Å². The third-order valence-electron chi connectivity index (χ3n) is 5.06. The number of sulfone groups is 1. The maximum Gasteiger partial charge on any atom is 0.223 e. The van der Waals surface area contributed by atoms with Crippen LogP contribution in [0.5, 0.6) is 0 Å². The first-order valence-electron chi connectivity index (χ1n) is 9.09. The lowest BCUT2D eigenvalue weighted by Gasteiger charge is -2.33. The van der Waals surface area contributed by atoms with E-state index in [0.717, 1.165) is 38.5 Å². The molecule has 7 heteroatoms. The SMILES string of the molecule is CC(C)C(=O)NC1CCCN(C(=O)CCS(=O)(=O)C2CCCC2)C1. The molecule has 0 spiro atoms. The molecule has 1 unspecified atom stereocenters. The van der Waals surface area contributed by atoms with Crippen LogP contribution in [-0.4, -0.2) is 55.3 Å². The molecule has 24 heavy (non-hydrogen) atoms. The summed E-state index contributed by atoms with van der Waals surface area (Å²) in [7, 11) is -3.15. The Kier molecular flexibility index (Phi) is 6.66. The second kappa shape index (κ2) is 8.32. The van der Waals surface area contributed by atoms with E-state index in [4.69, 9.17) is 0 Å². The van der Waals surface area contributed by atoms with Crippen molar-refractivity contribution in [2.24, 2.45) is 5.92 Å². The highest BCUT2D eigenvalue weighted by molar-refractivity contribution is 7.92. The fourth-order valence-electron chi connectivity index (χ4n) is 3.49. The maximum atomic E-state index is 12.4. The van der Waals surface area contributed by atoms with Crippen molar-refractivity contribution in [2.45, 2.75) is 70.1 Å². The Morgan fingerprint density at radius 2 is 1.79 bits per heavy atom. The molecule has 2 fully saturated rings. The molecule has 0 radical (unpaired) electrons. The number of amides is 2. The summed E-state index contributed by atoms with van der Waals surface area (Å²) in [6.45, 7) is 4.82. The van der Waals surface area contributed by atoms with E-state index in [1.54, 1.807) is 4.90 Å². The Morgan fingerprint density at radius 3 is 2.42 bits per heavy atom. The third kappa shape index (κ3) is 5.19. The van der Waals surface area contributed by atoms with Gasteiger partial charge in [-0.25, -0.2) is 8.42 Å². The molecule has 2 aliphatic rings. The molecule has 1 saturated carbocycles. The highest BCUT2D eigenvalue weighted by Gasteiger charge is 2.30. The summed E-state index contributed by atoms with van der Waals surface area (Å²) in [4.78, 5) is 25.9. The highest BCUT2D eigenvalue weighted by Crippen LogP contribution is 2.25. The van der Waals surface area contributed by atoms with E-state index in [1.807, 2.05) is 13.8 Å². The lowest BCUT2D eigenvalue weighted by Crippen LogP contribution is -2.50. The number of piperidine rings is 1. The zero-order valence-corrected chi connectivity index (χ0v) is 15.6. The van der Waals surface area contributed by atoms with Crippen molar-refractivity contribution in [3.8, 4) is 0 Å². The predicted molar refractivity (Wildman–Crippen MR) is 93.2 cm³/mol. The molecule has 1 aliphatic heterocycles. The molecule has 0 aromatic rings. The highest BCUT2D eigenvalue weighted by atomic mass is 32.2. The summed E-state index contributed by atoms with van der Waals surface area (Å²) < 4.78 is 24.6. The minimum atomic E-state index is -3.15. The number of nitrogens with one attached hydrogen (secondary N) is 1. The second-order valence-corrected chi connectivity index (χ2v) is 9.77. The zero-order valence-electron chi connectivity index (χ0n) is 14.8. The summed E-state index contributed by atoms with van der Waals surface area (Å²) in [6, 6.07) is -0.0240. The Bertz CT molecular complexity index is 553. The van der Waals surface area contributed by atoms with Crippen molar-refractivity contribution in [1.82, 2.24) is 10.2 Å². The Labute approximate surface area is 145 Å². The first-order chi connectivity index (χ1) is 11.3. The van der Waals surface area contributed by atoms with Crippen molar-refractivity contribution in [3.63, 3.8) is 0 Å². The smallest absolute Gasteiger partial charge is 0.223 e. The van der Waals surface area contributed by atoms with Gasteiger partial charge in [0, 0.05) is 31.5 Å². The largest absolute Gasteiger partial charge is 0.351 e. The van der Waals surface area contributed by atoms with E-state index >= 15 is 0 Å². The number of rotatable bonds is 6. The molecule has 1 saturated heterocycles. The second-order valence-electron chi connectivity index (χ2n) is 7.37. The first kappa shape index (κ1) is 19.2. The van der Waals surface area contributed by atoms with Crippen molar-refractivity contribution in [3.05, 3.63) is 0 Å². The van der Waals surface area contributed by atoms with Crippen molar-refractivity contribution in [1.29, 1.82) is 0 Å². The fraction of sp³-hybridized carbons (Fsp3) is 0.882. The lowest BCUT2D eigenvalue weighted by molar-refractivity contribution is -0.133. The summed E-state index contributed by atoms with van der Waals surface area (Å²) in [6.07, 6.45) is 5.19. The molecule has 138 valence electrons. The topological polar surface area (TPSA) is 83.6 Å². The molecular weight excluding hydrogens is 328 g/mol. The molecule has 1 heterocycles. The molecule has 1 aliphatic carbocycles. The Hall–Kier alpha value is -1.11. The Morgan fingerprint density at radius 1 is 1.12 bits per heavy atom. The average Bonchev–Trinajstić information content (AvgIpc) is 3.08. The van der Waals surface area contributed by atoms with Crippen LogP contribution in [0, 0.1) is 5.92 Å². The summed E-state index contributed by atoms with van der Waals surface area (Å²) in [5.74, 6) is -0.235. The van der Waals surface area contributed by atoms with Crippen LogP contribution in [0.2, 0.25) is 0 Å². The van der Waals surface area contributed by atoms with E-state index in [1.165, 1.54) is 0 Å². The summed E-state index contributed by atoms with van der Waals surface area (Å²) in [5.41, 5.74) is 0. The fourth-order valence-corrected chi connectivity index (χ4v) is 5.34. The first-order valence-corrected chi connectivity index (χ1v) is 10.8. The van der Waals surface area contributed by atoms with E-state index in [2.05, 4.69) is 5.32 Å². The number of carbonyl (C=O) groups excluding carboxylic acids is 2. The molecule has 0 bridgehead atoms. The quantitative estimate of drug-likeness (QED) is 0.780. The van der Waals surface area contributed by atoms with Gasteiger partial charge < -0.3 is 10.2 Å². The number of nitrogens with zero attached hydrogens (tertiary/aromatic N) is 1. The van der Waals surface area contributed by atoms with Crippen LogP contribution in [0.3, 0.4) is 0 Å². The van der Waals surface area contributed by atoms with Crippen LogP contribution in [0.1, 0.15) is 58.8 Å². The average molecular weight is 359 g/mol. The van der Waals surface area contributed by atoms with Crippen LogP contribution in [0.25, 0.3) is 0 Å². The van der Waals surface area contributed by atoms with Gasteiger partial charge in [0.05, 0.1) is 11.0 Å². The molecule has 2 rings (SSSR count). The van der Waals surface area contributed by atoms with E-state index in [-0.39, 0.29) is 41.2 Å². The van der Waals surface area contributed by atoms with Crippen LogP contribution in [0.4, 0.5) is 0 Å². The number of carbonyl (C=O) groups is 2. The van der Waals surface area contributed by atoms with Gasteiger partial charge in [0.25, 0.3) is 0 Å². The van der Waals surface area contributed by atoms with Gasteiger partial charge in [0.2, 0.25) is 11.8 Å².